The highest BCUT2D eigenvalue weighted by atomic mass is 16.5. The lowest BCUT2D eigenvalue weighted by molar-refractivity contribution is -0.114. The van der Waals surface area contributed by atoms with E-state index in [1.54, 1.807) is 12.1 Å². The molecular formula is C24H32N2O3. The van der Waals surface area contributed by atoms with Gasteiger partial charge in [-0.3, -0.25) is 4.79 Å². The molecule has 0 aliphatic carbocycles. The standard InChI is InChI=1S/C24H32N2O3/c1-3-5-6-7-8-16-29-22-13-9-11-20(17-22)25-19-24(27)26-21-12-10-14-23(18-21)28-15-4-2/h4,9-14,17-18,25H,2-3,5-8,15-16,19H2,1H3,(H,26,27). The Balaban J connectivity index is 1.75. The number of rotatable bonds is 14. The molecule has 156 valence electrons. The molecule has 0 aliphatic heterocycles. The van der Waals surface area contributed by atoms with Gasteiger partial charge in [0.2, 0.25) is 5.91 Å². The van der Waals surface area contributed by atoms with E-state index >= 15 is 0 Å². The molecule has 0 atom stereocenters. The third-order valence-corrected chi connectivity index (χ3v) is 4.29. The molecule has 0 fully saturated rings. The van der Waals surface area contributed by atoms with Crippen molar-refractivity contribution in [3.8, 4) is 11.5 Å². The predicted octanol–water partition coefficient (Wildman–Crippen LogP) is 5.65. The summed E-state index contributed by atoms with van der Waals surface area (Å²) in [5.41, 5.74) is 1.55. The molecule has 2 rings (SSSR count). The summed E-state index contributed by atoms with van der Waals surface area (Å²) in [7, 11) is 0. The van der Waals surface area contributed by atoms with E-state index in [4.69, 9.17) is 9.47 Å². The number of hydrogen-bond acceptors (Lipinski definition) is 4. The normalized spacial score (nSPS) is 10.2. The lowest BCUT2D eigenvalue weighted by atomic mass is 10.2. The van der Waals surface area contributed by atoms with E-state index in [9.17, 15) is 4.79 Å². The van der Waals surface area contributed by atoms with Gasteiger partial charge in [-0.1, -0.05) is 57.4 Å². The summed E-state index contributed by atoms with van der Waals surface area (Å²) in [5, 5.41) is 6.00. The Hall–Kier alpha value is -2.95. The fraction of sp³-hybridized carbons (Fsp3) is 0.375. The number of hydrogen-bond donors (Lipinski definition) is 2. The van der Waals surface area contributed by atoms with Crippen LogP contribution in [0.5, 0.6) is 11.5 Å². The predicted molar refractivity (Wildman–Crippen MR) is 120 cm³/mol. The number of carbonyl (C=O) groups excluding carboxylic acids is 1. The second kappa shape index (κ2) is 13.3. The average Bonchev–Trinajstić information content (AvgIpc) is 2.74. The molecule has 0 bridgehead atoms. The largest absolute Gasteiger partial charge is 0.494 e. The van der Waals surface area contributed by atoms with Crippen molar-refractivity contribution in [2.24, 2.45) is 0 Å². The smallest absolute Gasteiger partial charge is 0.243 e. The lowest BCUT2D eigenvalue weighted by Gasteiger charge is -2.11. The number of unbranched alkanes of at least 4 members (excludes halogenated alkanes) is 4. The molecule has 1 amide bonds. The Morgan fingerprint density at radius 3 is 2.41 bits per heavy atom. The minimum absolute atomic E-state index is 0.131. The number of benzene rings is 2. The van der Waals surface area contributed by atoms with Crippen LogP contribution >= 0.6 is 0 Å². The summed E-state index contributed by atoms with van der Waals surface area (Å²) < 4.78 is 11.3. The van der Waals surface area contributed by atoms with Crippen molar-refractivity contribution in [1.29, 1.82) is 0 Å². The number of carbonyl (C=O) groups is 1. The van der Waals surface area contributed by atoms with Gasteiger partial charge >= 0.3 is 0 Å². The van der Waals surface area contributed by atoms with Crippen molar-refractivity contribution in [2.75, 3.05) is 30.4 Å². The van der Waals surface area contributed by atoms with Gasteiger partial charge in [0, 0.05) is 23.5 Å². The summed E-state index contributed by atoms with van der Waals surface area (Å²) in [5.74, 6) is 1.38. The summed E-state index contributed by atoms with van der Waals surface area (Å²) in [6, 6.07) is 15.0. The van der Waals surface area contributed by atoms with Gasteiger partial charge in [-0.05, 0) is 30.7 Å². The molecule has 0 heterocycles. The Labute approximate surface area is 174 Å². The minimum atomic E-state index is -0.131. The molecule has 0 saturated heterocycles. The molecule has 29 heavy (non-hydrogen) atoms. The van der Waals surface area contributed by atoms with Crippen LogP contribution in [0, 0.1) is 0 Å². The fourth-order valence-electron chi connectivity index (χ4n) is 2.80. The third-order valence-electron chi connectivity index (χ3n) is 4.29. The van der Waals surface area contributed by atoms with E-state index in [0.717, 1.165) is 24.5 Å². The number of nitrogens with one attached hydrogen (secondary N) is 2. The van der Waals surface area contributed by atoms with Gasteiger partial charge in [0.05, 0.1) is 13.2 Å². The van der Waals surface area contributed by atoms with Crippen molar-refractivity contribution in [2.45, 2.75) is 39.0 Å². The summed E-state index contributed by atoms with van der Waals surface area (Å²) >= 11 is 0. The van der Waals surface area contributed by atoms with E-state index in [1.807, 2.05) is 42.5 Å². The molecule has 2 aromatic carbocycles. The first-order valence-electron chi connectivity index (χ1n) is 10.3. The van der Waals surface area contributed by atoms with Crippen LogP contribution in [0.1, 0.15) is 39.0 Å². The van der Waals surface area contributed by atoms with Crippen molar-refractivity contribution in [3.63, 3.8) is 0 Å². The molecule has 5 heteroatoms. The van der Waals surface area contributed by atoms with Crippen LogP contribution in [-0.2, 0) is 4.79 Å². The zero-order valence-electron chi connectivity index (χ0n) is 17.3. The maximum absolute atomic E-state index is 12.2. The number of anilines is 2. The van der Waals surface area contributed by atoms with Crippen LogP contribution in [-0.4, -0.2) is 25.7 Å². The second-order valence-corrected chi connectivity index (χ2v) is 6.82. The Kier molecular flexibility index (Phi) is 10.2. The number of amides is 1. The number of ether oxygens (including phenoxy) is 2. The highest BCUT2D eigenvalue weighted by Gasteiger charge is 2.04. The van der Waals surface area contributed by atoms with Crippen LogP contribution in [0.25, 0.3) is 0 Å². The lowest BCUT2D eigenvalue weighted by Crippen LogP contribution is -2.21. The zero-order chi connectivity index (χ0) is 20.7. The van der Waals surface area contributed by atoms with Crippen molar-refractivity contribution < 1.29 is 14.3 Å². The van der Waals surface area contributed by atoms with Gasteiger partial charge < -0.3 is 20.1 Å². The summed E-state index contributed by atoms with van der Waals surface area (Å²) in [6.45, 7) is 7.15. The second-order valence-electron chi connectivity index (χ2n) is 6.82. The van der Waals surface area contributed by atoms with Crippen molar-refractivity contribution in [1.82, 2.24) is 0 Å². The third kappa shape index (κ3) is 9.19. The maximum Gasteiger partial charge on any atom is 0.243 e. The molecular weight excluding hydrogens is 364 g/mol. The van der Waals surface area contributed by atoms with Crippen LogP contribution in [0.3, 0.4) is 0 Å². The molecule has 0 spiro atoms. The van der Waals surface area contributed by atoms with E-state index in [2.05, 4.69) is 24.1 Å². The van der Waals surface area contributed by atoms with Crippen LogP contribution in [0.15, 0.2) is 61.2 Å². The van der Waals surface area contributed by atoms with Gasteiger partial charge in [0.1, 0.15) is 18.1 Å². The van der Waals surface area contributed by atoms with Crippen LogP contribution in [0.2, 0.25) is 0 Å². The molecule has 5 nitrogen and oxygen atoms in total. The average molecular weight is 397 g/mol. The van der Waals surface area contributed by atoms with Crippen LogP contribution < -0.4 is 20.1 Å². The topological polar surface area (TPSA) is 59.6 Å². The zero-order valence-corrected chi connectivity index (χ0v) is 17.3. The summed E-state index contributed by atoms with van der Waals surface area (Å²) in [4.78, 5) is 12.2. The highest BCUT2D eigenvalue weighted by molar-refractivity contribution is 5.93. The molecule has 0 aliphatic rings. The van der Waals surface area contributed by atoms with Gasteiger partial charge in [-0.15, -0.1) is 0 Å². The van der Waals surface area contributed by atoms with Gasteiger partial charge in [-0.25, -0.2) is 0 Å². The van der Waals surface area contributed by atoms with E-state index in [-0.39, 0.29) is 12.5 Å². The van der Waals surface area contributed by atoms with Crippen molar-refractivity contribution >= 4 is 17.3 Å². The molecule has 0 radical (unpaired) electrons. The quantitative estimate of drug-likeness (QED) is 0.320. The van der Waals surface area contributed by atoms with Gasteiger partial charge in [-0.2, -0.15) is 0 Å². The van der Waals surface area contributed by atoms with Crippen molar-refractivity contribution in [3.05, 3.63) is 61.2 Å². The van der Waals surface area contributed by atoms with E-state index < -0.39 is 0 Å². The summed E-state index contributed by atoms with van der Waals surface area (Å²) in [6.07, 6.45) is 7.74. The first kappa shape index (κ1) is 22.3. The fourth-order valence-corrected chi connectivity index (χ4v) is 2.80. The van der Waals surface area contributed by atoms with E-state index in [1.165, 1.54) is 25.7 Å². The minimum Gasteiger partial charge on any atom is -0.494 e. The Morgan fingerprint density at radius 1 is 0.966 bits per heavy atom. The molecule has 2 aromatic rings. The molecule has 2 N–H and O–H groups in total. The molecule has 0 saturated carbocycles. The van der Waals surface area contributed by atoms with Gasteiger partial charge in [0.15, 0.2) is 0 Å². The molecule has 0 unspecified atom stereocenters. The maximum atomic E-state index is 12.2. The Morgan fingerprint density at radius 2 is 1.66 bits per heavy atom. The van der Waals surface area contributed by atoms with Gasteiger partial charge in [0.25, 0.3) is 0 Å². The highest BCUT2D eigenvalue weighted by Crippen LogP contribution is 2.19. The monoisotopic (exact) mass is 396 g/mol. The van der Waals surface area contributed by atoms with Crippen LogP contribution in [0.4, 0.5) is 11.4 Å². The Bertz CT molecular complexity index is 761. The SMILES string of the molecule is C=CCOc1cccc(NC(=O)CNc2cccc(OCCCCCCC)c2)c1. The van der Waals surface area contributed by atoms with E-state index in [0.29, 0.717) is 18.0 Å². The molecule has 0 aromatic heterocycles. The first-order valence-corrected chi connectivity index (χ1v) is 10.3. The first-order chi connectivity index (χ1) is 14.2.